The Morgan fingerprint density at radius 1 is 1.12 bits per heavy atom. The standard InChI is InChI=1S/C18H28N4O2/c1-3-17(23)20-16(12-14-4-6-15(13-19)7-5-14)18(24)22-10-8-21(2)9-11-22/h4-7,16H,3,8-13,19H2,1-2H3,(H,20,23)/t16-/m1/s1. The van der Waals surface area contributed by atoms with Crippen molar-refractivity contribution in [3.63, 3.8) is 0 Å². The van der Waals surface area contributed by atoms with Crippen LogP contribution in [0.15, 0.2) is 24.3 Å². The van der Waals surface area contributed by atoms with Crippen molar-refractivity contribution in [2.75, 3.05) is 33.2 Å². The van der Waals surface area contributed by atoms with Crippen LogP contribution >= 0.6 is 0 Å². The Hall–Kier alpha value is -1.92. The number of hydrogen-bond acceptors (Lipinski definition) is 4. The maximum atomic E-state index is 12.9. The number of amides is 2. The first-order valence-corrected chi connectivity index (χ1v) is 8.58. The molecule has 1 saturated heterocycles. The molecule has 24 heavy (non-hydrogen) atoms. The average Bonchev–Trinajstić information content (AvgIpc) is 2.61. The Morgan fingerprint density at radius 2 is 1.71 bits per heavy atom. The fourth-order valence-electron chi connectivity index (χ4n) is 2.79. The molecule has 0 spiro atoms. The summed E-state index contributed by atoms with van der Waals surface area (Å²) in [5.41, 5.74) is 7.70. The van der Waals surface area contributed by atoms with Crippen molar-refractivity contribution in [3.8, 4) is 0 Å². The van der Waals surface area contributed by atoms with Crippen molar-refractivity contribution >= 4 is 11.8 Å². The van der Waals surface area contributed by atoms with Crippen molar-refractivity contribution in [1.82, 2.24) is 15.1 Å². The summed E-state index contributed by atoms with van der Waals surface area (Å²) in [7, 11) is 2.05. The first kappa shape index (κ1) is 18.4. The Labute approximate surface area is 144 Å². The van der Waals surface area contributed by atoms with E-state index in [1.807, 2.05) is 29.2 Å². The maximum absolute atomic E-state index is 12.9. The zero-order valence-electron chi connectivity index (χ0n) is 14.6. The Balaban J connectivity index is 2.07. The summed E-state index contributed by atoms with van der Waals surface area (Å²) in [4.78, 5) is 28.8. The molecule has 0 aliphatic carbocycles. The van der Waals surface area contributed by atoms with Gasteiger partial charge < -0.3 is 20.9 Å². The Kier molecular flexibility index (Phi) is 6.75. The van der Waals surface area contributed by atoms with E-state index in [1.165, 1.54) is 0 Å². The highest BCUT2D eigenvalue weighted by molar-refractivity contribution is 5.88. The highest BCUT2D eigenvalue weighted by Crippen LogP contribution is 2.10. The first-order chi connectivity index (χ1) is 11.5. The van der Waals surface area contributed by atoms with Crippen LogP contribution < -0.4 is 11.1 Å². The van der Waals surface area contributed by atoms with Crippen LogP contribution in [0.25, 0.3) is 0 Å². The molecular weight excluding hydrogens is 304 g/mol. The zero-order valence-corrected chi connectivity index (χ0v) is 14.6. The molecule has 6 nitrogen and oxygen atoms in total. The van der Waals surface area contributed by atoms with Crippen LogP contribution in [0.3, 0.4) is 0 Å². The largest absolute Gasteiger partial charge is 0.344 e. The van der Waals surface area contributed by atoms with Crippen molar-refractivity contribution in [2.45, 2.75) is 32.4 Å². The molecule has 1 heterocycles. The Bertz CT molecular complexity index is 551. The minimum Gasteiger partial charge on any atom is -0.344 e. The van der Waals surface area contributed by atoms with E-state index in [9.17, 15) is 9.59 Å². The third-order valence-corrected chi connectivity index (χ3v) is 4.47. The fraction of sp³-hybridized carbons (Fsp3) is 0.556. The van der Waals surface area contributed by atoms with Gasteiger partial charge in [-0.2, -0.15) is 0 Å². The van der Waals surface area contributed by atoms with Gasteiger partial charge in [0.2, 0.25) is 11.8 Å². The highest BCUT2D eigenvalue weighted by atomic mass is 16.2. The smallest absolute Gasteiger partial charge is 0.245 e. The van der Waals surface area contributed by atoms with Gasteiger partial charge in [0.05, 0.1) is 0 Å². The zero-order chi connectivity index (χ0) is 17.5. The summed E-state index contributed by atoms with van der Waals surface area (Å²) >= 11 is 0. The number of likely N-dealkylation sites (N-methyl/N-ethyl adjacent to an activating group) is 1. The summed E-state index contributed by atoms with van der Waals surface area (Å²) in [5.74, 6) is -0.0890. The average molecular weight is 332 g/mol. The van der Waals surface area contributed by atoms with Crippen molar-refractivity contribution in [2.24, 2.45) is 5.73 Å². The quantitative estimate of drug-likeness (QED) is 0.788. The van der Waals surface area contributed by atoms with Crippen LogP contribution in [0.4, 0.5) is 0 Å². The van der Waals surface area contributed by atoms with E-state index in [0.29, 0.717) is 32.5 Å². The molecule has 1 aliphatic rings. The molecule has 1 atom stereocenters. The minimum atomic E-state index is -0.510. The van der Waals surface area contributed by atoms with Gasteiger partial charge in [0.1, 0.15) is 6.04 Å². The maximum Gasteiger partial charge on any atom is 0.245 e. The molecule has 3 N–H and O–H groups in total. The van der Waals surface area contributed by atoms with E-state index < -0.39 is 6.04 Å². The van der Waals surface area contributed by atoms with E-state index in [0.717, 1.165) is 24.2 Å². The molecule has 0 aromatic heterocycles. The third-order valence-electron chi connectivity index (χ3n) is 4.47. The number of hydrogen-bond donors (Lipinski definition) is 2. The summed E-state index contributed by atoms with van der Waals surface area (Å²) in [6.07, 6.45) is 0.875. The number of rotatable bonds is 6. The number of carbonyl (C=O) groups is 2. The molecule has 2 amide bonds. The lowest BCUT2D eigenvalue weighted by molar-refractivity contribution is -0.137. The molecule has 1 aromatic rings. The van der Waals surface area contributed by atoms with E-state index in [2.05, 4.69) is 17.3 Å². The monoisotopic (exact) mass is 332 g/mol. The van der Waals surface area contributed by atoms with Gasteiger partial charge in [-0.1, -0.05) is 31.2 Å². The van der Waals surface area contributed by atoms with Crippen molar-refractivity contribution < 1.29 is 9.59 Å². The second kappa shape index (κ2) is 8.80. The normalized spacial score (nSPS) is 16.7. The van der Waals surface area contributed by atoms with Gasteiger partial charge >= 0.3 is 0 Å². The van der Waals surface area contributed by atoms with Crippen LogP contribution in [-0.4, -0.2) is 60.9 Å². The number of benzene rings is 1. The Morgan fingerprint density at radius 3 is 2.25 bits per heavy atom. The van der Waals surface area contributed by atoms with Gasteiger partial charge in [0, 0.05) is 45.6 Å². The lowest BCUT2D eigenvalue weighted by Crippen LogP contribution is -2.54. The molecule has 1 aliphatic heterocycles. The second-order valence-corrected chi connectivity index (χ2v) is 6.33. The van der Waals surface area contributed by atoms with E-state index in [4.69, 9.17) is 5.73 Å². The van der Waals surface area contributed by atoms with Crippen LogP contribution in [0.2, 0.25) is 0 Å². The van der Waals surface area contributed by atoms with Crippen molar-refractivity contribution in [3.05, 3.63) is 35.4 Å². The molecule has 0 saturated carbocycles. The molecule has 2 rings (SSSR count). The van der Waals surface area contributed by atoms with Gasteiger partial charge in [0.15, 0.2) is 0 Å². The summed E-state index contributed by atoms with van der Waals surface area (Å²) in [6.45, 7) is 5.44. The van der Waals surface area contributed by atoms with Crippen LogP contribution in [0.5, 0.6) is 0 Å². The minimum absolute atomic E-state index is 0.00722. The van der Waals surface area contributed by atoms with Gasteiger partial charge in [-0.15, -0.1) is 0 Å². The van der Waals surface area contributed by atoms with Gasteiger partial charge in [-0.25, -0.2) is 0 Å². The number of carbonyl (C=O) groups excluding carboxylic acids is 2. The molecule has 1 fully saturated rings. The highest BCUT2D eigenvalue weighted by Gasteiger charge is 2.27. The first-order valence-electron chi connectivity index (χ1n) is 8.58. The third kappa shape index (κ3) is 5.04. The van der Waals surface area contributed by atoms with E-state index in [-0.39, 0.29) is 11.8 Å². The number of nitrogens with one attached hydrogen (secondary N) is 1. The molecular formula is C18H28N4O2. The van der Waals surface area contributed by atoms with Crippen molar-refractivity contribution in [1.29, 1.82) is 0 Å². The lowest BCUT2D eigenvalue weighted by atomic mass is 10.0. The molecule has 0 radical (unpaired) electrons. The molecule has 132 valence electrons. The predicted octanol–water partition coefficient (Wildman–Crippen LogP) is 0.357. The topological polar surface area (TPSA) is 78.7 Å². The van der Waals surface area contributed by atoms with Gasteiger partial charge in [-0.05, 0) is 18.2 Å². The summed E-state index contributed by atoms with van der Waals surface area (Å²) < 4.78 is 0. The second-order valence-electron chi connectivity index (χ2n) is 6.33. The predicted molar refractivity (Wildman–Crippen MR) is 94.3 cm³/mol. The molecule has 1 aromatic carbocycles. The summed E-state index contributed by atoms with van der Waals surface area (Å²) in [5, 5.41) is 2.88. The molecule has 0 bridgehead atoms. The molecule has 6 heteroatoms. The number of piperazine rings is 1. The summed E-state index contributed by atoms with van der Waals surface area (Å²) in [6, 6.07) is 7.38. The van der Waals surface area contributed by atoms with Crippen LogP contribution in [0.1, 0.15) is 24.5 Å². The lowest BCUT2D eigenvalue weighted by Gasteiger charge is -2.34. The van der Waals surface area contributed by atoms with Crippen LogP contribution in [-0.2, 0) is 22.6 Å². The van der Waals surface area contributed by atoms with Gasteiger partial charge in [0.25, 0.3) is 0 Å². The van der Waals surface area contributed by atoms with Gasteiger partial charge in [-0.3, -0.25) is 9.59 Å². The van der Waals surface area contributed by atoms with Crippen LogP contribution in [0, 0.1) is 0 Å². The van der Waals surface area contributed by atoms with E-state index >= 15 is 0 Å². The fourth-order valence-corrected chi connectivity index (χ4v) is 2.79. The number of nitrogens with zero attached hydrogens (tertiary/aromatic N) is 2. The SMILES string of the molecule is CCC(=O)N[C@H](Cc1ccc(CN)cc1)C(=O)N1CCN(C)CC1. The van der Waals surface area contributed by atoms with E-state index in [1.54, 1.807) is 6.92 Å². The molecule has 0 unspecified atom stereocenters. The number of nitrogens with two attached hydrogens (primary N) is 1.